The molecule has 2 N–H and O–H groups in total. The minimum Gasteiger partial charge on any atom is -0.504 e. The summed E-state index contributed by atoms with van der Waals surface area (Å²) in [5.41, 5.74) is 3.30. The van der Waals surface area contributed by atoms with Crippen LogP contribution in [0.2, 0.25) is 0 Å². The maximum Gasteiger partial charge on any atom is 0.222 e. The number of nitrogens with zero attached hydrogens (tertiary/aromatic N) is 3. The second kappa shape index (κ2) is 9.59. The van der Waals surface area contributed by atoms with Crippen molar-refractivity contribution in [2.45, 2.75) is 32.4 Å². The van der Waals surface area contributed by atoms with Gasteiger partial charge >= 0.3 is 0 Å². The van der Waals surface area contributed by atoms with E-state index in [1.165, 1.54) is 0 Å². The number of phenolic OH excluding ortho intramolecular Hbond substituents is 1. The summed E-state index contributed by atoms with van der Waals surface area (Å²) in [6, 6.07) is 16.2. The van der Waals surface area contributed by atoms with Crippen LogP contribution < -0.4 is 10.1 Å². The molecule has 0 radical (unpaired) electrons. The number of nitrogens with one attached hydrogen (secondary N) is 1. The second-order valence-corrected chi connectivity index (χ2v) is 7.59. The standard InChI is InChI=1S/C24H28N4O2/c1-2-30-23-14-18(8-9-22(23)29)17-28-12-10-21(11-13-28)27-24-25-15-20(16-26-24)19-6-4-3-5-7-19/h3-9,14-16,21,29H,2,10-13,17H2,1H3,(H,25,26,27). The van der Waals surface area contributed by atoms with Crippen LogP contribution >= 0.6 is 0 Å². The van der Waals surface area contributed by atoms with Gasteiger partial charge in [0.15, 0.2) is 11.5 Å². The SMILES string of the molecule is CCOc1cc(CN2CCC(Nc3ncc(-c4ccccc4)cn3)CC2)ccc1O. The Labute approximate surface area is 177 Å². The molecule has 156 valence electrons. The van der Waals surface area contributed by atoms with E-state index in [4.69, 9.17) is 4.74 Å². The Morgan fingerprint density at radius 1 is 1.03 bits per heavy atom. The lowest BCUT2D eigenvalue weighted by atomic mass is 10.0. The molecule has 1 aliphatic heterocycles. The van der Waals surface area contributed by atoms with Gasteiger partial charge in [-0.25, -0.2) is 9.97 Å². The van der Waals surface area contributed by atoms with E-state index in [1.54, 1.807) is 6.07 Å². The highest BCUT2D eigenvalue weighted by molar-refractivity contribution is 5.61. The molecule has 3 aromatic rings. The van der Waals surface area contributed by atoms with E-state index >= 15 is 0 Å². The zero-order chi connectivity index (χ0) is 20.8. The number of likely N-dealkylation sites (tertiary alicyclic amines) is 1. The van der Waals surface area contributed by atoms with Crippen molar-refractivity contribution >= 4 is 5.95 Å². The summed E-state index contributed by atoms with van der Waals surface area (Å²) in [6.07, 6.45) is 5.83. The fourth-order valence-corrected chi connectivity index (χ4v) is 3.79. The fraction of sp³-hybridized carbons (Fsp3) is 0.333. The Hall–Kier alpha value is -3.12. The maximum atomic E-state index is 9.87. The highest BCUT2D eigenvalue weighted by atomic mass is 16.5. The number of anilines is 1. The third-order valence-corrected chi connectivity index (χ3v) is 5.41. The van der Waals surface area contributed by atoms with Crippen molar-refractivity contribution in [2.24, 2.45) is 0 Å². The Kier molecular flexibility index (Phi) is 6.44. The predicted molar refractivity (Wildman–Crippen MR) is 119 cm³/mol. The minimum atomic E-state index is 0.196. The highest BCUT2D eigenvalue weighted by Crippen LogP contribution is 2.28. The molecule has 2 aromatic carbocycles. The summed E-state index contributed by atoms with van der Waals surface area (Å²) in [7, 11) is 0. The molecule has 1 aromatic heterocycles. The molecule has 0 bridgehead atoms. The Morgan fingerprint density at radius 2 is 1.77 bits per heavy atom. The molecule has 1 fully saturated rings. The van der Waals surface area contributed by atoms with Crippen molar-refractivity contribution < 1.29 is 9.84 Å². The van der Waals surface area contributed by atoms with E-state index in [0.717, 1.165) is 49.2 Å². The van der Waals surface area contributed by atoms with Crippen molar-refractivity contribution in [2.75, 3.05) is 25.0 Å². The van der Waals surface area contributed by atoms with Crippen LogP contribution in [0.1, 0.15) is 25.3 Å². The zero-order valence-corrected chi connectivity index (χ0v) is 17.3. The van der Waals surface area contributed by atoms with E-state index in [9.17, 15) is 5.11 Å². The molecular weight excluding hydrogens is 376 g/mol. The first-order valence-corrected chi connectivity index (χ1v) is 10.5. The Morgan fingerprint density at radius 3 is 2.47 bits per heavy atom. The Balaban J connectivity index is 1.28. The van der Waals surface area contributed by atoms with Crippen molar-refractivity contribution in [3.05, 3.63) is 66.5 Å². The van der Waals surface area contributed by atoms with E-state index in [0.29, 0.717) is 24.3 Å². The molecule has 4 rings (SSSR count). The summed E-state index contributed by atoms with van der Waals surface area (Å²) < 4.78 is 5.49. The first kappa shape index (κ1) is 20.2. The van der Waals surface area contributed by atoms with Gasteiger partial charge in [0, 0.05) is 43.6 Å². The number of phenols is 1. The maximum absolute atomic E-state index is 9.87. The number of aromatic hydroxyl groups is 1. The third kappa shape index (κ3) is 5.07. The second-order valence-electron chi connectivity index (χ2n) is 7.59. The van der Waals surface area contributed by atoms with E-state index in [2.05, 4.69) is 32.3 Å². The van der Waals surface area contributed by atoms with Gasteiger partial charge < -0.3 is 15.2 Å². The first-order chi connectivity index (χ1) is 14.7. The van der Waals surface area contributed by atoms with Crippen LogP contribution in [0.15, 0.2) is 60.9 Å². The van der Waals surface area contributed by atoms with Crippen molar-refractivity contribution in [1.29, 1.82) is 0 Å². The van der Waals surface area contributed by atoms with Crippen LogP contribution in [0.4, 0.5) is 5.95 Å². The van der Waals surface area contributed by atoms with Crippen molar-refractivity contribution in [3.63, 3.8) is 0 Å². The lowest BCUT2D eigenvalue weighted by Gasteiger charge is -2.32. The predicted octanol–water partition coefficient (Wildman–Crippen LogP) is 4.32. The normalized spacial score (nSPS) is 15.1. The van der Waals surface area contributed by atoms with Crippen molar-refractivity contribution in [1.82, 2.24) is 14.9 Å². The van der Waals surface area contributed by atoms with E-state index in [1.807, 2.05) is 49.6 Å². The van der Waals surface area contributed by atoms with Crippen LogP contribution in [0.5, 0.6) is 11.5 Å². The summed E-state index contributed by atoms with van der Waals surface area (Å²) in [5, 5.41) is 13.3. The van der Waals surface area contributed by atoms with Crippen LogP contribution in [0.25, 0.3) is 11.1 Å². The monoisotopic (exact) mass is 404 g/mol. The number of rotatable bonds is 7. The lowest BCUT2D eigenvalue weighted by molar-refractivity contribution is 0.210. The fourth-order valence-electron chi connectivity index (χ4n) is 3.79. The van der Waals surface area contributed by atoms with Gasteiger partial charge in [-0.2, -0.15) is 0 Å². The number of ether oxygens (including phenoxy) is 1. The molecule has 0 unspecified atom stereocenters. The molecule has 0 saturated carbocycles. The molecule has 0 atom stereocenters. The average Bonchev–Trinajstić information content (AvgIpc) is 2.79. The number of benzene rings is 2. The van der Waals surface area contributed by atoms with Gasteiger partial charge in [0.05, 0.1) is 6.61 Å². The molecule has 6 heteroatoms. The molecule has 6 nitrogen and oxygen atoms in total. The summed E-state index contributed by atoms with van der Waals surface area (Å²) >= 11 is 0. The number of aromatic nitrogens is 2. The average molecular weight is 405 g/mol. The zero-order valence-electron chi connectivity index (χ0n) is 17.3. The van der Waals surface area contributed by atoms with Gasteiger partial charge in [-0.15, -0.1) is 0 Å². The molecule has 0 amide bonds. The summed E-state index contributed by atoms with van der Waals surface area (Å²) in [6.45, 7) is 5.33. The molecule has 2 heterocycles. The summed E-state index contributed by atoms with van der Waals surface area (Å²) in [4.78, 5) is 11.4. The first-order valence-electron chi connectivity index (χ1n) is 10.5. The van der Waals surface area contributed by atoms with E-state index < -0.39 is 0 Å². The number of hydrogen-bond acceptors (Lipinski definition) is 6. The van der Waals surface area contributed by atoms with Gasteiger partial charge in [0.1, 0.15) is 0 Å². The third-order valence-electron chi connectivity index (χ3n) is 5.41. The molecule has 0 spiro atoms. The number of hydrogen-bond donors (Lipinski definition) is 2. The minimum absolute atomic E-state index is 0.196. The summed E-state index contributed by atoms with van der Waals surface area (Å²) in [5.74, 6) is 1.44. The van der Waals surface area contributed by atoms with Gasteiger partial charge in [0.2, 0.25) is 5.95 Å². The largest absolute Gasteiger partial charge is 0.504 e. The quantitative estimate of drug-likeness (QED) is 0.611. The van der Waals surface area contributed by atoms with Gasteiger partial charge in [-0.05, 0) is 43.0 Å². The van der Waals surface area contributed by atoms with Crippen LogP contribution in [-0.4, -0.2) is 45.7 Å². The Bertz CT molecular complexity index is 939. The van der Waals surface area contributed by atoms with Crippen LogP contribution in [0, 0.1) is 0 Å². The van der Waals surface area contributed by atoms with Crippen molar-refractivity contribution in [3.8, 4) is 22.6 Å². The smallest absolute Gasteiger partial charge is 0.222 e. The topological polar surface area (TPSA) is 70.5 Å². The highest BCUT2D eigenvalue weighted by Gasteiger charge is 2.20. The van der Waals surface area contributed by atoms with Gasteiger partial charge in [0.25, 0.3) is 0 Å². The molecule has 1 saturated heterocycles. The van der Waals surface area contributed by atoms with E-state index in [-0.39, 0.29) is 5.75 Å². The van der Waals surface area contributed by atoms with Gasteiger partial charge in [-0.3, -0.25) is 4.90 Å². The molecule has 0 aliphatic carbocycles. The van der Waals surface area contributed by atoms with Gasteiger partial charge in [-0.1, -0.05) is 36.4 Å². The molecule has 30 heavy (non-hydrogen) atoms. The van der Waals surface area contributed by atoms with Crippen LogP contribution in [0.3, 0.4) is 0 Å². The van der Waals surface area contributed by atoms with Crippen LogP contribution in [-0.2, 0) is 6.54 Å². The molecular formula is C24H28N4O2. The number of piperidine rings is 1. The molecule has 1 aliphatic rings. The lowest BCUT2D eigenvalue weighted by Crippen LogP contribution is -2.38.